The topological polar surface area (TPSA) is 29.5 Å². The quantitative estimate of drug-likeness (QED) is 0.840. The van der Waals surface area contributed by atoms with Crippen LogP contribution in [0, 0.1) is 0 Å². The molecule has 0 saturated carbocycles. The minimum atomic E-state index is -0.525. The summed E-state index contributed by atoms with van der Waals surface area (Å²) < 4.78 is 6.35. The maximum Gasteiger partial charge on any atom is 0.126 e. The van der Waals surface area contributed by atoms with Crippen molar-refractivity contribution in [2.75, 3.05) is 6.61 Å². The molecule has 0 heterocycles. The van der Waals surface area contributed by atoms with Gasteiger partial charge < -0.3 is 9.84 Å². The van der Waals surface area contributed by atoms with Crippen molar-refractivity contribution >= 4 is 15.9 Å². The van der Waals surface area contributed by atoms with Crippen LogP contribution in [0.4, 0.5) is 0 Å². The van der Waals surface area contributed by atoms with Gasteiger partial charge in [-0.25, -0.2) is 0 Å². The van der Waals surface area contributed by atoms with Crippen LogP contribution in [-0.2, 0) is 0 Å². The minimum absolute atomic E-state index is 0.441. The van der Waals surface area contributed by atoms with Crippen molar-refractivity contribution in [3.05, 3.63) is 40.9 Å². The predicted octanol–water partition coefficient (Wildman–Crippen LogP) is 3.07. The first-order chi connectivity index (χ1) is 6.65. The second-order valence-corrected chi connectivity index (χ2v) is 3.87. The largest absolute Gasteiger partial charge is 0.489 e. The first-order valence-electron chi connectivity index (χ1n) is 4.36. The summed E-state index contributed by atoms with van der Waals surface area (Å²) in [5.74, 6) is 0.689. The second-order valence-electron chi connectivity index (χ2n) is 2.96. The fourth-order valence-corrected chi connectivity index (χ4v) is 1.47. The van der Waals surface area contributed by atoms with Crippen LogP contribution in [0.2, 0.25) is 0 Å². The molecule has 0 spiro atoms. The minimum Gasteiger partial charge on any atom is -0.489 e. The Morgan fingerprint density at radius 2 is 2.36 bits per heavy atom. The van der Waals surface area contributed by atoms with E-state index in [4.69, 9.17) is 4.74 Å². The van der Waals surface area contributed by atoms with Crippen molar-refractivity contribution < 1.29 is 9.84 Å². The Kier molecular flexibility index (Phi) is 4.17. The average molecular weight is 257 g/mol. The predicted molar refractivity (Wildman–Crippen MR) is 60.5 cm³/mol. The standard InChI is InChI=1S/C11H13BrO2/c1-3-6-14-11-7-9(12)4-5-10(11)8(2)13/h3-5,7-8,13H,1,6H2,2H3. The van der Waals surface area contributed by atoms with Gasteiger partial charge in [-0.3, -0.25) is 0 Å². The lowest BCUT2D eigenvalue weighted by Crippen LogP contribution is -2.00. The molecule has 0 saturated heterocycles. The molecule has 1 atom stereocenters. The first kappa shape index (κ1) is 11.3. The zero-order valence-corrected chi connectivity index (χ0v) is 9.62. The van der Waals surface area contributed by atoms with Crippen LogP contribution in [0.15, 0.2) is 35.3 Å². The highest BCUT2D eigenvalue weighted by molar-refractivity contribution is 9.10. The Balaban J connectivity index is 2.96. The molecular weight excluding hydrogens is 244 g/mol. The van der Waals surface area contributed by atoms with Gasteiger partial charge in [0.2, 0.25) is 0 Å². The van der Waals surface area contributed by atoms with Gasteiger partial charge in [-0.15, -0.1) is 0 Å². The number of rotatable bonds is 4. The lowest BCUT2D eigenvalue weighted by atomic mass is 10.1. The van der Waals surface area contributed by atoms with E-state index in [1.807, 2.05) is 18.2 Å². The molecule has 1 aromatic carbocycles. The van der Waals surface area contributed by atoms with Crippen LogP contribution in [-0.4, -0.2) is 11.7 Å². The molecule has 0 fully saturated rings. The summed E-state index contributed by atoms with van der Waals surface area (Å²) in [7, 11) is 0. The van der Waals surface area contributed by atoms with Crippen LogP contribution >= 0.6 is 15.9 Å². The van der Waals surface area contributed by atoms with E-state index in [0.29, 0.717) is 12.4 Å². The van der Waals surface area contributed by atoms with Crippen molar-refractivity contribution in [1.82, 2.24) is 0 Å². The highest BCUT2D eigenvalue weighted by Crippen LogP contribution is 2.28. The van der Waals surface area contributed by atoms with Crippen molar-refractivity contribution in [2.24, 2.45) is 0 Å². The van der Waals surface area contributed by atoms with Gasteiger partial charge in [0.1, 0.15) is 12.4 Å². The molecule has 1 unspecified atom stereocenters. The van der Waals surface area contributed by atoms with E-state index in [1.165, 1.54) is 0 Å². The summed E-state index contributed by atoms with van der Waals surface area (Å²) in [6.45, 7) is 5.73. The molecule has 0 bridgehead atoms. The van der Waals surface area contributed by atoms with E-state index in [0.717, 1.165) is 10.0 Å². The van der Waals surface area contributed by atoms with Gasteiger partial charge in [0.25, 0.3) is 0 Å². The molecule has 0 aliphatic heterocycles. The Hall–Kier alpha value is -0.800. The lowest BCUT2D eigenvalue weighted by Gasteiger charge is -2.12. The second kappa shape index (κ2) is 5.17. The van der Waals surface area contributed by atoms with Crippen LogP contribution < -0.4 is 4.74 Å². The molecule has 0 aliphatic rings. The number of hydrogen-bond donors (Lipinski definition) is 1. The van der Waals surface area contributed by atoms with Crippen LogP contribution in [0.1, 0.15) is 18.6 Å². The number of aliphatic hydroxyl groups excluding tert-OH is 1. The van der Waals surface area contributed by atoms with Crippen molar-refractivity contribution in [2.45, 2.75) is 13.0 Å². The van der Waals surface area contributed by atoms with Gasteiger partial charge in [-0.05, 0) is 19.1 Å². The molecule has 1 aromatic rings. The number of halogens is 1. The Morgan fingerprint density at radius 1 is 1.64 bits per heavy atom. The molecule has 0 amide bonds. The van der Waals surface area contributed by atoms with E-state index < -0.39 is 6.10 Å². The molecule has 0 aliphatic carbocycles. The smallest absolute Gasteiger partial charge is 0.126 e. The molecular formula is C11H13BrO2. The summed E-state index contributed by atoms with van der Waals surface area (Å²) in [6, 6.07) is 5.56. The zero-order valence-electron chi connectivity index (χ0n) is 8.03. The van der Waals surface area contributed by atoms with Gasteiger partial charge in [-0.1, -0.05) is 34.7 Å². The third-order valence-corrected chi connectivity index (χ3v) is 2.28. The summed E-state index contributed by atoms with van der Waals surface area (Å²) in [4.78, 5) is 0. The highest BCUT2D eigenvalue weighted by atomic mass is 79.9. The number of hydrogen-bond acceptors (Lipinski definition) is 2. The molecule has 1 rings (SSSR count). The van der Waals surface area contributed by atoms with Crippen molar-refractivity contribution in [3.63, 3.8) is 0 Å². The maximum atomic E-state index is 9.47. The van der Waals surface area contributed by atoms with E-state index in [9.17, 15) is 5.11 Å². The fraction of sp³-hybridized carbons (Fsp3) is 0.273. The van der Waals surface area contributed by atoms with Crippen molar-refractivity contribution in [3.8, 4) is 5.75 Å². The van der Waals surface area contributed by atoms with Gasteiger partial charge in [-0.2, -0.15) is 0 Å². The molecule has 1 N–H and O–H groups in total. The third-order valence-electron chi connectivity index (χ3n) is 1.78. The number of aliphatic hydroxyl groups is 1. The fourth-order valence-electron chi connectivity index (χ4n) is 1.13. The van der Waals surface area contributed by atoms with Crippen LogP contribution in [0.25, 0.3) is 0 Å². The van der Waals surface area contributed by atoms with E-state index in [-0.39, 0.29) is 0 Å². The third kappa shape index (κ3) is 2.86. The number of benzene rings is 1. The Morgan fingerprint density at radius 3 is 2.93 bits per heavy atom. The Bertz CT molecular complexity index is 321. The molecule has 0 radical (unpaired) electrons. The van der Waals surface area contributed by atoms with Gasteiger partial charge in [0, 0.05) is 10.0 Å². The number of ether oxygens (including phenoxy) is 1. The zero-order chi connectivity index (χ0) is 10.6. The summed E-state index contributed by atoms with van der Waals surface area (Å²) >= 11 is 3.35. The van der Waals surface area contributed by atoms with E-state index >= 15 is 0 Å². The molecule has 2 nitrogen and oxygen atoms in total. The average Bonchev–Trinajstić information content (AvgIpc) is 2.14. The van der Waals surface area contributed by atoms with Crippen LogP contribution in [0.5, 0.6) is 5.75 Å². The maximum absolute atomic E-state index is 9.47. The molecule has 76 valence electrons. The van der Waals surface area contributed by atoms with Gasteiger partial charge in [0.15, 0.2) is 0 Å². The normalized spacial score (nSPS) is 12.2. The van der Waals surface area contributed by atoms with E-state index in [1.54, 1.807) is 13.0 Å². The van der Waals surface area contributed by atoms with Gasteiger partial charge >= 0.3 is 0 Å². The van der Waals surface area contributed by atoms with E-state index in [2.05, 4.69) is 22.5 Å². The monoisotopic (exact) mass is 256 g/mol. The van der Waals surface area contributed by atoms with Crippen molar-refractivity contribution in [1.29, 1.82) is 0 Å². The lowest BCUT2D eigenvalue weighted by molar-refractivity contribution is 0.193. The van der Waals surface area contributed by atoms with Gasteiger partial charge in [0.05, 0.1) is 6.10 Å². The molecule has 3 heteroatoms. The molecule has 0 aromatic heterocycles. The molecule has 14 heavy (non-hydrogen) atoms. The first-order valence-corrected chi connectivity index (χ1v) is 5.15. The summed E-state index contributed by atoms with van der Waals surface area (Å²) in [5.41, 5.74) is 0.787. The summed E-state index contributed by atoms with van der Waals surface area (Å²) in [6.07, 6.45) is 1.15. The summed E-state index contributed by atoms with van der Waals surface area (Å²) in [5, 5.41) is 9.47. The van der Waals surface area contributed by atoms with Crippen LogP contribution in [0.3, 0.4) is 0 Å². The Labute approximate surface area is 92.3 Å². The highest BCUT2D eigenvalue weighted by Gasteiger charge is 2.08. The SMILES string of the molecule is C=CCOc1cc(Br)ccc1C(C)O.